The molecule has 3 aromatic rings. The van der Waals surface area contributed by atoms with Crippen molar-refractivity contribution in [2.45, 2.75) is 25.9 Å². The van der Waals surface area contributed by atoms with Crippen LogP contribution in [0.4, 0.5) is 4.39 Å². The van der Waals surface area contributed by atoms with E-state index in [0.717, 1.165) is 22.5 Å². The first-order valence-corrected chi connectivity index (χ1v) is 9.44. The quantitative estimate of drug-likeness (QED) is 0.695. The molecule has 0 fully saturated rings. The third-order valence-electron chi connectivity index (χ3n) is 5.28. The van der Waals surface area contributed by atoms with Crippen molar-refractivity contribution in [3.8, 4) is 5.75 Å². The summed E-state index contributed by atoms with van der Waals surface area (Å²) in [6.45, 7) is 2.18. The lowest BCUT2D eigenvalue weighted by Crippen LogP contribution is -2.32. The van der Waals surface area contributed by atoms with Gasteiger partial charge in [0.15, 0.2) is 0 Å². The zero-order valence-corrected chi connectivity index (χ0v) is 16.3. The molecule has 1 atom stereocenters. The van der Waals surface area contributed by atoms with Crippen LogP contribution < -0.4 is 5.32 Å². The maximum atomic E-state index is 13.3. The zero-order valence-electron chi connectivity index (χ0n) is 16.3. The van der Waals surface area contributed by atoms with Crippen LogP contribution in [0.5, 0.6) is 5.75 Å². The van der Waals surface area contributed by atoms with Crippen molar-refractivity contribution in [1.82, 2.24) is 9.88 Å². The molecule has 0 radical (unpaired) electrons. The Labute approximate surface area is 167 Å². The zero-order chi connectivity index (χ0) is 20.5. The second kappa shape index (κ2) is 7.58. The van der Waals surface area contributed by atoms with Crippen LogP contribution in [-0.4, -0.2) is 33.9 Å². The van der Waals surface area contributed by atoms with Crippen LogP contribution in [0, 0.1) is 12.7 Å². The minimum absolute atomic E-state index is 0.117. The molecule has 29 heavy (non-hydrogen) atoms. The number of aromatic nitrogens is 1. The van der Waals surface area contributed by atoms with Gasteiger partial charge in [0.25, 0.3) is 5.91 Å². The average molecular weight is 395 g/mol. The van der Waals surface area contributed by atoms with Crippen molar-refractivity contribution in [1.29, 1.82) is 0 Å². The normalized spacial score (nSPS) is 16.0. The summed E-state index contributed by atoms with van der Waals surface area (Å²) in [4.78, 5) is 18.3. The summed E-state index contributed by atoms with van der Waals surface area (Å²) in [6.07, 6.45) is 0.835. The molecule has 4 rings (SSSR count). The van der Waals surface area contributed by atoms with E-state index in [0.29, 0.717) is 30.3 Å². The number of nitrogens with zero attached hydrogens (tertiary/aromatic N) is 2. The Morgan fingerprint density at radius 3 is 2.97 bits per heavy atom. The summed E-state index contributed by atoms with van der Waals surface area (Å²) in [6, 6.07) is 11.4. The van der Waals surface area contributed by atoms with E-state index in [1.54, 1.807) is 24.3 Å². The fraction of sp³-hybridized carbons (Fsp3) is 0.273. The molecular weight excluding hydrogens is 373 g/mol. The number of carbonyl (C=O) groups is 1. The van der Waals surface area contributed by atoms with E-state index in [9.17, 15) is 14.3 Å². The van der Waals surface area contributed by atoms with E-state index < -0.39 is 0 Å². The number of hydrogen-bond donors (Lipinski definition) is 2. The van der Waals surface area contributed by atoms with Crippen molar-refractivity contribution >= 4 is 22.5 Å². The molecule has 0 bridgehead atoms. The van der Waals surface area contributed by atoms with Gasteiger partial charge in [0.1, 0.15) is 17.7 Å². The number of halogens is 1. The highest BCUT2D eigenvalue weighted by atomic mass is 19.1. The summed E-state index contributed by atoms with van der Waals surface area (Å²) < 4.78 is 15.2. The number of aryl methyl sites for hydroxylation is 1. The molecule has 1 aliphatic heterocycles. The average Bonchev–Trinajstić information content (AvgIpc) is 3.22. The van der Waals surface area contributed by atoms with Crippen LogP contribution in [0.25, 0.3) is 10.9 Å². The standard InChI is InChI=1S/C22H22FN3O3/c1-13-21(19-11-17(27)6-7-20(19)26(13)2)22(28)24-12-18-10-16(25-29-18)9-14-4-3-5-15(23)8-14/h3-8,11,18,27H,9-10,12H2,1-2H3,(H,24,28). The Balaban J connectivity index is 1.39. The maximum absolute atomic E-state index is 13.3. The summed E-state index contributed by atoms with van der Waals surface area (Å²) in [5, 5.41) is 17.5. The number of carbonyl (C=O) groups excluding carboxylic acids is 1. The fourth-order valence-corrected chi connectivity index (χ4v) is 3.72. The van der Waals surface area contributed by atoms with Crippen LogP contribution in [0.1, 0.15) is 28.0 Å². The number of nitrogens with one attached hydrogen (secondary N) is 1. The van der Waals surface area contributed by atoms with Crippen molar-refractivity contribution < 1.29 is 19.1 Å². The number of phenolic OH excluding ortho intramolecular Hbond substituents is 1. The van der Waals surface area contributed by atoms with Crippen LogP contribution in [-0.2, 0) is 18.3 Å². The van der Waals surface area contributed by atoms with Gasteiger partial charge in [-0.3, -0.25) is 4.79 Å². The van der Waals surface area contributed by atoms with Crippen molar-refractivity contribution in [3.63, 3.8) is 0 Å². The lowest BCUT2D eigenvalue weighted by molar-refractivity contribution is 0.0754. The molecule has 6 nitrogen and oxygen atoms in total. The van der Waals surface area contributed by atoms with Gasteiger partial charge in [0.2, 0.25) is 0 Å². The van der Waals surface area contributed by atoms with Crippen LogP contribution in [0.2, 0.25) is 0 Å². The third kappa shape index (κ3) is 3.81. The van der Waals surface area contributed by atoms with Gasteiger partial charge in [-0.1, -0.05) is 17.3 Å². The number of benzene rings is 2. The van der Waals surface area contributed by atoms with Gasteiger partial charge in [0.05, 0.1) is 17.8 Å². The van der Waals surface area contributed by atoms with Gasteiger partial charge < -0.3 is 19.8 Å². The first-order chi connectivity index (χ1) is 13.9. The number of oxime groups is 1. The van der Waals surface area contributed by atoms with Crippen LogP contribution in [0.3, 0.4) is 0 Å². The minimum Gasteiger partial charge on any atom is -0.508 e. The number of rotatable bonds is 5. The molecule has 1 amide bonds. The lowest BCUT2D eigenvalue weighted by atomic mass is 10.0. The number of hydrogen-bond acceptors (Lipinski definition) is 4. The lowest BCUT2D eigenvalue weighted by Gasteiger charge is -2.10. The Morgan fingerprint density at radius 1 is 1.34 bits per heavy atom. The molecular formula is C22H22FN3O3. The molecule has 0 saturated heterocycles. The molecule has 1 aromatic heterocycles. The van der Waals surface area contributed by atoms with Crippen molar-refractivity contribution in [3.05, 3.63) is 65.1 Å². The second-order valence-corrected chi connectivity index (χ2v) is 7.33. The molecule has 1 aliphatic rings. The topological polar surface area (TPSA) is 75.8 Å². The van der Waals surface area contributed by atoms with E-state index in [-0.39, 0.29) is 23.6 Å². The Bertz CT molecular complexity index is 1120. The minimum atomic E-state index is -0.276. The van der Waals surface area contributed by atoms with E-state index in [4.69, 9.17) is 4.84 Å². The van der Waals surface area contributed by atoms with Gasteiger partial charge in [-0.15, -0.1) is 0 Å². The van der Waals surface area contributed by atoms with Crippen molar-refractivity contribution in [2.24, 2.45) is 12.2 Å². The summed E-state index contributed by atoms with van der Waals surface area (Å²) in [7, 11) is 1.89. The number of amides is 1. The smallest absolute Gasteiger partial charge is 0.253 e. The number of aromatic hydroxyl groups is 1. The highest BCUT2D eigenvalue weighted by molar-refractivity contribution is 6.08. The summed E-state index contributed by atoms with van der Waals surface area (Å²) >= 11 is 0. The van der Waals surface area contributed by atoms with Gasteiger partial charge >= 0.3 is 0 Å². The second-order valence-electron chi connectivity index (χ2n) is 7.33. The van der Waals surface area contributed by atoms with Crippen LogP contribution >= 0.6 is 0 Å². The predicted molar refractivity (Wildman–Crippen MR) is 109 cm³/mol. The third-order valence-corrected chi connectivity index (χ3v) is 5.28. The fourth-order valence-electron chi connectivity index (χ4n) is 3.72. The first kappa shape index (κ1) is 19.0. The molecule has 1 unspecified atom stereocenters. The first-order valence-electron chi connectivity index (χ1n) is 9.44. The molecule has 150 valence electrons. The number of phenols is 1. The molecule has 0 saturated carbocycles. The van der Waals surface area contributed by atoms with E-state index in [1.165, 1.54) is 12.1 Å². The Morgan fingerprint density at radius 2 is 2.17 bits per heavy atom. The molecule has 2 aromatic carbocycles. The van der Waals surface area contributed by atoms with Gasteiger partial charge in [-0.25, -0.2) is 4.39 Å². The predicted octanol–water partition coefficient (Wildman–Crippen LogP) is 3.45. The van der Waals surface area contributed by atoms with Gasteiger partial charge in [-0.2, -0.15) is 0 Å². The molecule has 0 aliphatic carbocycles. The van der Waals surface area contributed by atoms with Crippen molar-refractivity contribution in [2.75, 3.05) is 6.54 Å². The molecule has 2 N–H and O–H groups in total. The monoisotopic (exact) mass is 395 g/mol. The van der Waals surface area contributed by atoms with E-state index in [1.807, 2.05) is 24.6 Å². The summed E-state index contributed by atoms with van der Waals surface area (Å²) in [5.41, 5.74) is 3.89. The largest absolute Gasteiger partial charge is 0.508 e. The van der Waals surface area contributed by atoms with Gasteiger partial charge in [-0.05, 0) is 42.8 Å². The highest BCUT2D eigenvalue weighted by Crippen LogP contribution is 2.28. The Hall–Kier alpha value is -3.35. The number of fused-ring (bicyclic) bond motifs is 1. The molecule has 2 heterocycles. The van der Waals surface area contributed by atoms with Gasteiger partial charge in [0, 0.05) is 36.5 Å². The SMILES string of the molecule is Cc1c(C(=O)NCC2CC(Cc3cccc(F)c3)=NO2)c2cc(O)ccc2n1C. The highest BCUT2D eigenvalue weighted by Gasteiger charge is 2.24. The van der Waals surface area contributed by atoms with Crippen LogP contribution in [0.15, 0.2) is 47.6 Å². The Kier molecular flexibility index (Phi) is 4.96. The molecule has 7 heteroatoms. The maximum Gasteiger partial charge on any atom is 0.253 e. The molecule has 0 spiro atoms. The summed E-state index contributed by atoms with van der Waals surface area (Å²) in [5.74, 6) is -0.380. The van der Waals surface area contributed by atoms with E-state index in [2.05, 4.69) is 10.5 Å². The van der Waals surface area contributed by atoms with E-state index >= 15 is 0 Å².